The van der Waals surface area contributed by atoms with Crippen LogP contribution in [0.15, 0.2) is 121 Å². The molecule has 10 aromatic heterocycles. The summed E-state index contributed by atoms with van der Waals surface area (Å²) < 4.78 is 32.3. The molecule has 638 valence electrons. The second kappa shape index (κ2) is 27.1. The molecule has 0 saturated heterocycles. The number of nitrogens with one attached hydrogen (secondary N) is 10. The van der Waals surface area contributed by atoms with Crippen molar-refractivity contribution >= 4 is 229 Å². The fraction of sp³-hybridized carbons (Fsp3) is 0.400. The Morgan fingerprint density at radius 2 is 0.270 bits per heavy atom. The predicted molar refractivity (Wildman–Crippen MR) is 526 cm³/mol. The Balaban J connectivity index is 0.833. The van der Waals surface area contributed by atoms with Gasteiger partial charge in [0, 0.05) is 60.7 Å². The highest BCUT2D eigenvalue weighted by molar-refractivity contribution is 6.74. The van der Waals surface area contributed by atoms with Crippen molar-refractivity contribution in [1.82, 2.24) is 0 Å². The fourth-order valence-corrected chi connectivity index (χ4v) is 20.6. The lowest BCUT2D eigenvalue weighted by molar-refractivity contribution is -0.305. The monoisotopic (exact) mass is 1670 g/mol. The molecular weight excluding hydrogens is 1550 g/mol. The topological polar surface area (TPSA) is 219 Å². The van der Waals surface area contributed by atoms with Gasteiger partial charge in [-0.3, -0.25) is 0 Å². The molecule has 0 aliphatic carbocycles. The first-order valence-corrected chi connectivity index (χ1v) is 46.0. The van der Waals surface area contributed by atoms with Crippen molar-refractivity contribution in [2.75, 3.05) is 0 Å². The van der Waals surface area contributed by atoms with Crippen molar-refractivity contribution in [1.29, 1.82) is 0 Å². The third-order valence-corrected chi connectivity index (χ3v) is 28.4. The second-order valence-electron chi connectivity index (χ2n) is 48.2. The molecule has 0 amide bonds. The number of H-pyrrole nitrogens is 10. The lowest BCUT2D eigenvalue weighted by Crippen LogP contribution is -2.45. The van der Waals surface area contributed by atoms with E-state index in [9.17, 15) is 10.0 Å². The van der Waals surface area contributed by atoms with Crippen LogP contribution < -0.4 is 67.2 Å². The van der Waals surface area contributed by atoms with Crippen LogP contribution >= 0.6 is 0 Å². The Kier molecular flexibility index (Phi) is 18.1. The maximum atomic E-state index is 12.3. The van der Waals surface area contributed by atoms with Gasteiger partial charge >= 0.3 is 66.9 Å². The minimum Gasteiger partial charge on any atom is -0.886 e. The van der Waals surface area contributed by atoms with E-state index in [2.05, 4.69) is 378 Å². The molecule has 20 rings (SSSR count). The van der Waals surface area contributed by atoms with Crippen LogP contribution in [0.2, 0.25) is 0 Å². The highest BCUT2D eigenvalue weighted by Crippen LogP contribution is 2.45. The van der Waals surface area contributed by atoms with Gasteiger partial charge in [-0.15, -0.1) is 52.8 Å². The molecule has 0 saturated carbocycles. The SMILES string of the molecule is CC(C)(C)c1cc2[nH+][b-](O)c3cc(C(C)(C)C)cc4[b-](O[b-]5[nH+]c6cc(C(C)(C)C)cc7[nH+][b-](O[b-]8[nH+]c9cc(C(C)(C)C)cc%10[nH+][b-](O[b-]%11[nH+]c%12cc(C(C)(C)C)cc%13[nH+][b-](O[b-]%14[nH+]c%15cc(C(C)(C)C)cc%16[nH+][b-](O)c%17cc(C(C)(C)C)cc%14c%17c%16%15)c%14cc(C(C)(C)C)cc%11c%14c%13%12)c%11cc(C(C)(C)C)cc8c%11c9%10)c8cc(C(C)(C)C)cc5c8c67)[nH+]c(c1)c2c34. The predicted octanol–water partition coefficient (Wildman–Crippen LogP) is 14.6. The number of rotatable bonds is 8. The fourth-order valence-electron chi connectivity index (χ4n) is 20.6. The van der Waals surface area contributed by atoms with E-state index in [1.54, 1.807) is 0 Å². The second-order valence-corrected chi connectivity index (χ2v) is 48.2. The number of hydrogen-bond donors (Lipinski definition) is 2. The molecule has 0 atom stereocenters. The van der Waals surface area contributed by atoms with Crippen LogP contribution in [-0.2, 0) is 54.1 Å². The standard InChI is InChI=1S/C100H122B10N10O6/c1-91(2,3)51-31-61-81-63(33-51)103(113-73-43-56(96(16,17)18)41-71(86(73)81)111-101(61)121)123-105-65-35-53(93(7,8)9)37-67-83(65)88-75(115-105)45-58(98(22,23)24)47-77(88)117-107(67)125-109-69-39-55(95(13,14)15)40-70-85(69)90-79(119-109)49-60(100(28,29)30)50-80(90)120-110(70)126-108-68-38-54(94(10,11)12)36-66-84(68)89-76(46-59(99(25,26)27)48-78(89)118-108)116-106(66)124-104-64-34-52(92(4,5)6)32-62-82(64)87-72(112-102(62)122)42-57(97(19,20)21)44-74(87)114-104/h31-50,111-122H,1-30H3. The average Bonchev–Trinajstić information content (AvgIpc) is 0.718. The molecule has 0 aliphatic rings. The van der Waals surface area contributed by atoms with Gasteiger partial charge in [0.05, 0.1) is 0 Å². The van der Waals surface area contributed by atoms with Crippen LogP contribution in [0.3, 0.4) is 0 Å². The Bertz CT molecular complexity index is 7670. The molecule has 20 aromatic rings. The van der Waals surface area contributed by atoms with Crippen LogP contribution in [0.4, 0.5) is 0 Å². The van der Waals surface area contributed by atoms with Crippen LogP contribution in [0, 0.1) is 0 Å². The highest BCUT2D eigenvalue weighted by atomic mass is 16.4. The third-order valence-electron chi connectivity index (χ3n) is 28.4. The Hall–Kier alpha value is -10.4. The number of hydrogen-bond acceptors (Lipinski definition) is 6. The van der Waals surface area contributed by atoms with Gasteiger partial charge in [-0.2, -0.15) is 0 Å². The van der Waals surface area contributed by atoms with Crippen molar-refractivity contribution < 1.29 is 77.2 Å². The normalized spacial score (nSPS) is 13.9. The molecular formula is C100H122B10N10O6. The molecule has 0 aliphatic heterocycles. The van der Waals surface area contributed by atoms with Crippen LogP contribution in [0.25, 0.3) is 162 Å². The van der Waals surface area contributed by atoms with E-state index in [0.29, 0.717) is 0 Å². The van der Waals surface area contributed by atoms with E-state index in [-0.39, 0.29) is 54.1 Å². The maximum Gasteiger partial charge on any atom is 0.416 e. The zero-order valence-electron chi connectivity index (χ0n) is 79.8. The first-order chi connectivity index (χ1) is 58.5. The van der Waals surface area contributed by atoms with E-state index >= 15 is 0 Å². The smallest absolute Gasteiger partial charge is 0.416 e. The highest BCUT2D eigenvalue weighted by Gasteiger charge is 2.35. The Morgan fingerprint density at radius 1 is 0.159 bits per heavy atom. The van der Waals surface area contributed by atoms with Crippen molar-refractivity contribution in [3.8, 4) is 0 Å². The molecule has 0 radical (unpaired) electrons. The van der Waals surface area contributed by atoms with Gasteiger partial charge in [-0.1, -0.05) is 295 Å². The van der Waals surface area contributed by atoms with Gasteiger partial charge in [0.2, 0.25) is 0 Å². The van der Waals surface area contributed by atoms with Gasteiger partial charge in [0.1, 0.15) is 26.9 Å². The molecule has 12 N–H and O–H groups in total. The van der Waals surface area contributed by atoms with Gasteiger partial charge in [-0.25, -0.2) is 0 Å². The largest absolute Gasteiger partial charge is 0.886 e. The summed E-state index contributed by atoms with van der Waals surface area (Å²) in [5.74, 6) is 0. The molecule has 26 heteroatoms. The van der Waals surface area contributed by atoms with E-state index in [0.717, 1.165) is 217 Å². The lowest BCUT2D eigenvalue weighted by atomic mass is 9.69. The van der Waals surface area contributed by atoms with Crippen LogP contribution in [0.5, 0.6) is 0 Å². The first kappa shape index (κ1) is 83.8. The molecule has 0 fully saturated rings. The number of aromatic nitrogens is 10. The molecule has 10 heterocycles. The quantitative estimate of drug-likeness (QED) is 0.141. The van der Waals surface area contributed by atoms with Gasteiger partial charge in [0.15, 0.2) is 55.2 Å². The van der Waals surface area contributed by atoms with Crippen molar-refractivity contribution in [2.45, 2.75) is 262 Å². The lowest BCUT2D eigenvalue weighted by Gasteiger charge is -2.32. The van der Waals surface area contributed by atoms with Crippen molar-refractivity contribution in [3.05, 3.63) is 177 Å². The van der Waals surface area contributed by atoms with Crippen molar-refractivity contribution in [3.63, 3.8) is 0 Å². The van der Waals surface area contributed by atoms with Crippen LogP contribution in [0.1, 0.15) is 263 Å². The molecule has 0 spiro atoms. The molecule has 0 unspecified atom stereocenters. The summed E-state index contributed by atoms with van der Waals surface area (Å²) in [4.78, 5) is 40.0. The average molecular weight is 1670 g/mol. The summed E-state index contributed by atoms with van der Waals surface area (Å²) in [5.41, 5.74) is 18.5. The minimum absolute atomic E-state index is 0.189. The molecule has 16 nitrogen and oxygen atoms in total. The molecule has 126 heavy (non-hydrogen) atoms. The van der Waals surface area contributed by atoms with Gasteiger partial charge < -0.3 is 77.2 Å². The van der Waals surface area contributed by atoms with E-state index < -0.39 is 66.9 Å². The van der Waals surface area contributed by atoms with Gasteiger partial charge in [0.25, 0.3) is 0 Å². The number of benzene rings is 10. The zero-order valence-corrected chi connectivity index (χ0v) is 79.8. The van der Waals surface area contributed by atoms with Gasteiger partial charge in [-0.05, 0) is 110 Å². The first-order valence-electron chi connectivity index (χ1n) is 46.0. The van der Waals surface area contributed by atoms with E-state index in [4.69, 9.17) is 18.3 Å². The van der Waals surface area contributed by atoms with Crippen molar-refractivity contribution in [2.24, 2.45) is 0 Å². The van der Waals surface area contributed by atoms with E-state index in [1.807, 2.05) is 0 Å². The summed E-state index contributed by atoms with van der Waals surface area (Å²) in [6.07, 6.45) is 0. The van der Waals surface area contributed by atoms with Crippen LogP contribution in [-0.4, -0.2) is 76.9 Å². The summed E-state index contributed by atoms with van der Waals surface area (Å²) >= 11 is 0. The summed E-state index contributed by atoms with van der Waals surface area (Å²) in [7, 11) is 0. The number of aromatic amines is 10. The summed E-state index contributed by atoms with van der Waals surface area (Å²) in [6, 6.07) is 46.5. The summed E-state index contributed by atoms with van der Waals surface area (Å²) in [5, 5.41) is 45.1. The third kappa shape index (κ3) is 13.6. The minimum atomic E-state index is -0.929. The van der Waals surface area contributed by atoms with E-state index in [1.165, 1.54) is 0 Å². The summed E-state index contributed by atoms with van der Waals surface area (Å²) in [6.45, 7) is 61.0. The molecule has 0 bridgehead atoms. The Morgan fingerprint density at radius 3 is 0.405 bits per heavy atom. The molecule has 10 aromatic carbocycles. The Labute approximate surface area is 740 Å². The zero-order chi connectivity index (χ0) is 89.9. The maximum absolute atomic E-state index is 12.3.